The second-order valence-corrected chi connectivity index (χ2v) is 7.55. The molecule has 3 heterocycles. The highest BCUT2D eigenvalue weighted by molar-refractivity contribution is 7.19. The highest BCUT2D eigenvalue weighted by Crippen LogP contribution is 2.39. The van der Waals surface area contributed by atoms with Gasteiger partial charge in [-0.1, -0.05) is 6.92 Å². The van der Waals surface area contributed by atoms with Crippen LogP contribution in [0, 0.1) is 5.92 Å². The van der Waals surface area contributed by atoms with Crippen LogP contribution in [-0.4, -0.2) is 22.4 Å². The fourth-order valence-corrected chi connectivity index (χ4v) is 4.58. The highest BCUT2D eigenvalue weighted by Gasteiger charge is 2.23. The Hall–Kier alpha value is -2.41. The van der Waals surface area contributed by atoms with Gasteiger partial charge in [0.25, 0.3) is 0 Å². The van der Waals surface area contributed by atoms with Crippen LogP contribution >= 0.6 is 11.3 Å². The number of aromatic nitrogens is 2. The van der Waals surface area contributed by atoms with Crippen molar-refractivity contribution in [2.75, 3.05) is 11.9 Å². The Morgan fingerprint density at radius 3 is 3.20 bits per heavy atom. The molecule has 6 nitrogen and oxygen atoms in total. The van der Waals surface area contributed by atoms with Gasteiger partial charge in [0.05, 0.1) is 24.7 Å². The number of furan rings is 1. The van der Waals surface area contributed by atoms with E-state index >= 15 is 0 Å². The normalized spacial score (nSPS) is 16.6. The molecule has 0 saturated carbocycles. The van der Waals surface area contributed by atoms with E-state index in [1.165, 1.54) is 16.9 Å². The zero-order chi connectivity index (χ0) is 17.2. The van der Waals surface area contributed by atoms with Crippen molar-refractivity contribution >= 4 is 33.3 Å². The summed E-state index contributed by atoms with van der Waals surface area (Å²) in [5, 5.41) is 7.10. The van der Waals surface area contributed by atoms with Crippen LogP contribution < -0.4 is 10.6 Å². The third-order valence-corrected chi connectivity index (χ3v) is 5.71. The number of carbonyl (C=O) groups excluding carboxylic acids is 1. The molecule has 130 valence electrons. The van der Waals surface area contributed by atoms with Gasteiger partial charge in [-0.2, -0.15) is 0 Å². The van der Waals surface area contributed by atoms with Crippen LogP contribution in [0.2, 0.25) is 0 Å². The van der Waals surface area contributed by atoms with Crippen molar-refractivity contribution in [3.8, 4) is 0 Å². The predicted octanol–water partition coefficient (Wildman–Crippen LogP) is 3.14. The summed E-state index contributed by atoms with van der Waals surface area (Å²) in [6.45, 7) is 2.85. The number of thiophene rings is 1. The summed E-state index contributed by atoms with van der Waals surface area (Å²) in [6.07, 6.45) is 6.52. The number of carbonyl (C=O) groups is 1. The molecule has 25 heavy (non-hydrogen) atoms. The quantitative estimate of drug-likeness (QED) is 0.734. The lowest BCUT2D eigenvalue weighted by Gasteiger charge is -2.18. The molecule has 1 amide bonds. The van der Waals surface area contributed by atoms with Gasteiger partial charge >= 0.3 is 0 Å². The molecule has 3 aromatic heterocycles. The number of nitrogens with one attached hydrogen (secondary N) is 2. The first-order chi connectivity index (χ1) is 12.2. The summed E-state index contributed by atoms with van der Waals surface area (Å²) in [4.78, 5) is 23.3. The van der Waals surface area contributed by atoms with E-state index in [9.17, 15) is 4.79 Å². The van der Waals surface area contributed by atoms with E-state index in [1.807, 2.05) is 6.07 Å². The van der Waals surface area contributed by atoms with E-state index in [-0.39, 0.29) is 12.5 Å². The first-order valence-corrected chi connectivity index (χ1v) is 9.30. The van der Waals surface area contributed by atoms with Crippen molar-refractivity contribution in [3.05, 3.63) is 40.9 Å². The lowest BCUT2D eigenvalue weighted by Crippen LogP contribution is -2.29. The molecule has 3 aromatic rings. The Morgan fingerprint density at radius 2 is 2.36 bits per heavy atom. The monoisotopic (exact) mass is 356 g/mol. The fourth-order valence-electron chi connectivity index (χ4n) is 3.23. The Balaban J connectivity index is 1.47. The lowest BCUT2D eigenvalue weighted by molar-refractivity contribution is -0.119. The van der Waals surface area contributed by atoms with E-state index in [1.54, 1.807) is 30.0 Å². The number of nitrogens with zero attached hydrogens (tertiary/aromatic N) is 2. The van der Waals surface area contributed by atoms with E-state index in [4.69, 9.17) is 4.42 Å². The molecule has 0 unspecified atom stereocenters. The summed E-state index contributed by atoms with van der Waals surface area (Å²) >= 11 is 1.76. The van der Waals surface area contributed by atoms with Gasteiger partial charge in [0, 0.05) is 4.88 Å². The molecule has 0 bridgehead atoms. The molecular weight excluding hydrogens is 336 g/mol. The SMILES string of the molecule is C[C@H]1CCc2c(sc3ncnc(NCC(=O)NCc4ccco4)c23)C1. The molecule has 1 aliphatic rings. The van der Waals surface area contributed by atoms with Crippen LogP contribution in [-0.2, 0) is 24.2 Å². The topological polar surface area (TPSA) is 80.0 Å². The fraction of sp³-hybridized carbons (Fsp3) is 0.389. The number of rotatable bonds is 5. The van der Waals surface area contributed by atoms with E-state index < -0.39 is 0 Å². The van der Waals surface area contributed by atoms with Crippen molar-refractivity contribution in [2.45, 2.75) is 32.7 Å². The zero-order valence-corrected chi connectivity index (χ0v) is 14.9. The van der Waals surface area contributed by atoms with E-state index in [2.05, 4.69) is 27.5 Å². The molecule has 7 heteroatoms. The summed E-state index contributed by atoms with van der Waals surface area (Å²) in [5.41, 5.74) is 1.36. The van der Waals surface area contributed by atoms with Crippen molar-refractivity contribution < 1.29 is 9.21 Å². The minimum atomic E-state index is -0.0964. The minimum absolute atomic E-state index is 0.0964. The van der Waals surface area contributed by atoms with Crippen LogP contribution in [0.3, 0.4) is 0 Å². The molecule has 0 aromatic carbocycles. The predicted molar refractivity (Wildman–Crippen MR) is 97.6 cm³/mol. The average Bonchev–Trinajstić information content (AvgIpc) is 3.24. The number of fused-ring (bicyclic) bond motifs is 3. The standard InChI is InChI=1S/C18H20N4O2S/c1-11-4-5-13-14(7-11)25-18-16(13)17(21-10-22-18)20-9-15(23)19-8-12-3-2-6-24-12/h2-3,6,10-11H,4-5,7-9H2,1H3,(H,19,23)(H,20,21,22)/t11-/m0/s1. The van der Waals surface area contributed by atoms with Crippen LogP contribution in [0.25, 0.3) is 10.2 Å². The summed E-state index contributed by atoms with van der Waals surface area (Å²) < 4.78 is 5.21. The van der Waals surface area contributed by atoms with Crippen LogP contribution in [0.1, 0.15) is 29.5 Å². The first-order valence-electron chi connectivity index (χ1n) is 8.49. The van der Waals surface area contributed by atoms with Crippen LogP contribution in [0.15, 0.2) is 29.1 Å². The number of hydrogen-bond acceptors (Lipinski definition) is 6. The molecular formula is C18H20N4O2S. The number of amides is 1. The van der Waals surface area contributed by atoms with Gasteiger partial charge in [-0.05, 0) is 42.9 Å². The molecule has 0 fully saturated rings. The van der Waals surface area contributed by atoms with E-state index in [0.29, 0.717) is 6.54 Å². The molecule has 4 rings (SSSR count). The second-order valence-electron chi connectivity index (χ2n) is 6.46. The molecule has 1 atom stereocenters. The average molecular weight is 356 g/mol. The highest BCUT2D eigenvalue weighted by atomic mass is 32.1. The van der Waals surface area contributed by atoms with Crippen molar-refractivity contribution in [1.29, 1.82) is 0 Å². The molecule has 0 saturated heterocycles. The first kappa shape index (κ1) is 16.1. The maximum absolute atomic E-state index is 12.1. The zero-order valence-electron chi connectivity index (χ0n) is 14.0. The third-order valence-electron chi connectivity index (χ3n) is 4.55. The summed E-state index contributed by atoms with van der Waals surface area (Å²) in [6, 6.07) is 3.64. The van der Waals surface area contributed by atoms with Gasteiger partial charge in [-0.3, -0.25) is 4.79 Å². The number of hydrogen-bond donors (Lipinski definition) is 2. The number of aryl methyl sites for hydroxylation is 1. The molecule has 0 radical (unpaired) electrons. The lowest BCUT2D eigenvalue weighted by atomic mass is 9.89. The van der Waals surface area contributed by atoms with Crippen molar-refractivity contribution in [3.63, 3.8) is 0 Å². The largest absolute Gasteiger partial charge is 0.467 e. The van der Waals surface area contributed by atoms with Crippen molar-refractivity contribution in [2.24, 2.45) is 5.92 Å². The summed E-state index contributed by atoms with van der Waals surface area (Å²) in [5.74, 6) is 2.11. The van der Waals surface area contributed by atoms with Gasteiger partial charge in [0.2, 0.25) is 5.91 Å². The van der Waals surface area contributed by atoms with Gasteiger partial charge in [-0.25, -0.2) is 9.97 Å². The summed E-state index contributed by atoms with van der Waals surface area (Å²) in [7, 11) is 0. The minimum Gasteiger partial charge on any atom is -0.467 e. The molecule has 1 aliphatic carbocycles. The maximum Gasteiger partial charge on any atom is 0.239 e. The van der Waals surface area contributed by atoms with Crippen molar-refractivity contribution in [1.82, 2.24) is 15.3 Å². The Kier molecular flexibility index (Phi) is 4.40. The smallest absolute Gasteiger partial charge is 0.239 e. The third kappa shape index (κ3) is 3.37. The molecule has 0 aliphatic heterocycles. The van der Waals surface area contributed by atoms with Gasteiger partial charge < -0.3 is 15.1 Å². The Morgan fingerprint density at radius 1 is 1.44 bits per heavy atom. The Labute approximate surface area is 149 Å². The number of anilines is 1. The van der Waals surface area contributed by atoms with Gasteiger partial charge in [-0.15, -0.1) is 11.3 Å². The van der Waals surface area contributed by atoms with E-state index in [0.717, 1.165) is 40.6 Å². The maximum atomic E-state index is 12.1. The second kappa shape index (κ2) is 6.84. The molecule has 2 N–H and O–H groups in total. The van der Waals surface area contributed by atoms with Gasteiger partial charge in [0.1, 0.15) is 22.7 Å². The molecule has 0 spiro atoms. The van der Waals surface area contributed by atoms with Crippen LogP contribution in [0.4, 0.5) is 5.82 Å². The van der Waals surface area contributed by atoms with Crippen LogP contribution in [0.5, 0.6) is 0 Å². The van der Waals surface area contributed by atoms with Gasteiger partial charge in [0.15, 0.2) is 0 Å². The Bertz CT molecular complexity index is 888.